The van der Waals surface area contributed by atoms with Gasteiger partial charge in [-0.3, -0.25) is 4.79 Å². The highest BCUT2D eigenvalue weighted by atomic mass is 16.5. The second-order valence-electron chi connectivity index (χ2n) is 3.20. The summed E-state index contributed by atoms with van der Waals surface area (Å²) in [6.45, 7) is 0. The van der Waals surface area contributed by atoms with Gasteiger partial charge in [-0.1, -0.05) is 18.2 Å². The third kappa shape index (κ3) is 1.42. The molecular formula is C10H12O2. The van der Waals surface area contributed by atoms with Crippen LogP contribution in [0.1, 0.15) is 25.7 Å². The number of esters is 1. The molecule has 2 aliphatic rings. The molecule has 0 aromatic heterocycles. The molecule has 1 unspecified atom stereocenters. The van der Waals surface area contributed by atoms with Crippen molar-refractivity contribution in [2.24, 2.45) is 0 Å². The molecule has 0 bridgehead atoms. The molecule has 2 heteroatoms. The zero-order valence-electron chi connectivity index (χ0n) is 6.95. The van der Waals surface area contributed by atoms with Crippen LogP contribution in [0.25, 0.3) is 0 Å². The Labute approximate surface area is 71.9 Å². The van der Waals surface area contributed by atoms with Crippen LogP contribution in [0.15, 0.2) is 23.8 Å². The Bertz CT molecular complexity index is 251. The number of allylic oxidation sites excluding steroid dienone is 2. The number of rotatable bonds is 1. The molecular weight excluding hydrogens is 152 g/mol. The molecule has 12 heavy (non-hydrogen) atoms. The lowest BCUT2D eigenvalue weighted by molar-refractivity contribution is -0.140. The molecule has 0 spiro atoms. The van der Waals surface area contributed by atoms with Gasteiger partial charge < -0.3 is 4.74 Å². The molecule has 1 saturated heterocycles. The van der Waals surface area contributed by atoms with Crippen molar-refractivity contribution in [3.05, 3.63) is 23.8 Å². The van der Waals surface area contributed by atoms with Gasteiger partial charge in [0.2, 0.25) is 0 Å². The quantitative estimate of drug-likeness (QED) is 0.554. The fraction of sp³-hybridized carbons (Fsp3) is 0.500. The minimum absolute atomic E-state index is 0.0500. The smallest absolute Gasteiger partial charge is 0.306 e. The lowest BCUT2D eigenvalue weighted by Crippen LogP contribution is -2.09. The maximum Gasteiger partial charge on any atom is 0.306 e. The Kier molecular flexibility index (Phi) is 1.98. The van der Waals surface area contributed by atoms with Gasteiger partial charge in [-0.2, -0.15) is 0 Å². The van der Waals surface area contributed by atoms with E-state index in [0.29, 0.717) is 6.42 Å². The summed E-state index contributed by atoms with van der Waals surface area (Å²) in [6, 6.07) is 0. The first-order chi connectivity index (χ1) is 5.86. The number of carbonyl (C=O) groups excluding carboxylic acids is 1. The van der Waals surface area contributed by atoms with Gasteiger partial charge in [0.25, 0.3) is 0 Å². The number of carbonyl (C=O) groups is 1. The lowest BCUT2D eigenvalue weighted by Gasteiger charge is -2.12. The third-order valence-electron chi connectivity index (χ3n) is 2.28. The number of hydrogen-bond donors (Lipinski definition) is 0. The summed E-state index contributed by atoms with van der Waals surface area (Å²) >= 11 is 0. The molecule has 0 radical (unpaired) electrons. The van der Waals surface area contributed by atoms with Crippen LogP contribution in [0.4, 0.5) is 0 Å². The van der Waals surface area contributed by atoms with Gasteiger partial charge in [0.1, 0.15) is 6.10 Å². The van der Waals surface area contributed by atoms with Gasteiger partial charge in [-0.25, -0.2) is 0 Å². The normalized spacial score (nSPS) is 28.5. The molecule has 1 fully saturated rings. The van der Waals surface area contributed by atoms with Gasteiger partial charge in [0.15, 0.2) is 0 Å². The zero-order chi connectivity index (χ0) is 8.39. The summed E-state index contributed by atoms with van der Waals surface area (Å²) in [4.78, 5) is 10.8. The number of ether oxygens (including phenoxy) is 1. The standard InChI is InChI=1S/C10H12O2/c11-10-7-6-9(12-10)8-4-2-1-3-5-8/h2,4-5,9H,1,3,6-7H2. The molecule has 2 rings (SSSR count). The largest absolute Gasteiger partial charge is 0.457 e. The average molecular weight is 164 g/mol. The third-order valence-corrected chi connectivity index (χ3v) is 2.28. The summed E-state index contributed by atoms with van der Waals surface area (Å²) in [5.41, 5.74) is 1.19. The predicted octanol–water partition coefficient (Wildman–Crippen LogP) is 1.97. The maximum absolute atomic E-state index is 10.8. The minimum Gasteiger partial charge on any atom is -0.457 e. The molecule has 1 aliphatic heterocycles. The first-order valence-corrected chi connectivity index (χ1v) is 4.42. The van der Waals surface area contributed by atoms with Crippen LogP contribution in [-0.4, -0.2) is 12.1 Å². The van der Waals surface area contributed by atoms with E-state index in [1.54, 1.807) is 0 Å². The molecule has 2 nitrogen and oxygen atoms in total. The Balaban J connectivity index is 2.05. The number of hydrogen-bond acceptors (Lipinski definition) is 2. The van der Waals surface area contributed by atoms with E-state index < -0.39 is 0 Å². The lowest BCUT2D eigenvalue weighted by atomic mass is 10.0. The molecule has 0 saturated carbocycles. The SMILES string of the molecule is O=C1CCC(C2=CCCC=C2)O1. The van der Waals surface area contributed by atoms with Gasteiger partial charge in [-0.05, 0) is 24.8 Å². The van der Waals surface area contributed by atoms with E-state index in [0.717, 1.165) is 19.3 Å². The second kappa shape index (κ2) is 3.13. The molecule has 1 atom stereocenters. The van der Waals surface area contributed by atoms with Crippen molar-refractivity contribution in [1.82, 2.24) is 0 Å². The average Bonchev–Trinajstić information content (AvgIpc) is 2.54. The van der Waals surface area contributed by atoms with E-state index in [-0.39, 0.29) is 12.1 Å². The molecule has 1 heterocycles. The van der Waals surface area contributed by atoms with Crippen molar-refractivity contribution in [2.75, 3.05) is 0 Å². The van der Waals surface area contributed by atoms with E-state index in [2.05, 4.69) is 18.2 Å². The molecule has 0 N–H and O–H groups in total. The molecule has 0 aromatic rings. The van der Waals surface area contributed by atoms with Crippen molar-refractivity contribution in [3.63, 3.8) is 0 Å². The highest BCUT2D eigenvalue weighted by molar-refractivity contribution is 5.72. The number of cyclic esters (lactones) is 1. The topological polar surface area (TPSA) is 26.3 Å². The van der Waals surface area contributed by atoms with Crippen molar-refractivity contribution in [3.8, 4) is 0 Å². The molecule has 0 aromatic carbocycles. The van der Waals surface area contributed by atoms with E-state index in [1.807, 2.05) is 0 Å². The Hall–Kier alpha value is -1.05. The van der Waals surface area contributed by atoms with Crippen LogP contribution < -0.4 is 0 Å². The summed E-state index contributed by atoms with van der Waals surface area (Å²) in [5, 5.41) is 0. The van der Waals surface area contributed by atoms with E-state index in [9.17, 15) is 4.79 Å². The van der Waals surface area contributed by atoms with Crippen LogP contribution >= 0.6 is 0 Å². The Morgan fingerprint density at radius 2 is 2.33 bits per heavy atom. The Morgan fingerprint density at radius 3 is 2.92 bits per heavy atom. The van der Waals surface area contributed by atoms with Crippen molar-refractivity contribution in [2.45, 2.75) is 31.8 Å². The molecule has 64 valence electrons. The minimum atomic E-state index is -0.0557. The maximum atomic E-state index is 10.8. The fourth-order valence-electron chi connectivity index (χ4n) is 1.63. The second-order valence-corrected chi connectivity index (χ2v) is 3.20. The van der Waals surface area contributed by atoms with Gasteiger partial charge in [0.05, 0.1) is 0 Å². The summed E-state index contributed by atoms with van der Waals surface area (Å²) in [7, 11) is 0. The van der Waals surface area contributed by atoms with Crippen LogP contribution in [0, 0.1) is 0 Å². The van der Waals surface area contributed by atoms with Gasteiger partial charge in [-0.15, -0.1) is 0 Å². The van der Waals surface area contributed by atoms with E-state index in [1.165, 1.54) is 5.57 Å². The Morgan fingerprint density at radius 1 is 1.42 bits per heavy atom. The van der Waals surface area contributed by atoms with Gasteiger partial charge in [0, 0.05) is 6.42 Å². The summed E-state index contributed by atoms with van der Waals surface area (Å²) in [6.07, 6.45) is 10.1. The highest BCUT2D eigenvalue weighted by Crippen LogP contribution is 2.24. The van der Waals surface area contributed by atoms with Crippen LogP contribution in [0.5, 0.6) is 0 Å². The molecule has 1 aliphatic carbocycles. The van der Waals surface area contributed by atoms with Crippen molar-refractivity contribution in [1.29, 1.82) is 0 Å². The summed E-state index contributed by atoms with van der Waals surface area (Å²) in [5.74, 6) is -0.0557. The highest BCUT2D eigenvalue weighted by Gasteiger charge is 2.25. The van der Waals surface area contributed by atoms with E-state index >= 15 is 0 Å². The first-order valence-electron chi connectivity index (χ1n) is 4.42. The fourth-order valence-corrected chi connectivity index (χ4v) is 1.63. The molecule has 0 amide bonds. The van der Waals surface area contributed by atoms with Crippen LogP contribution in [0.3, 0.4) is 0 Å². The van der Waals surface area contributed by atoms with E-state index in [4.69, 9.17) is 4.74 Å². The van der Waals surface area contributed by atoms with Crippen molar-refractivity contribution < 1.29 is 9.53 Å². The van der Waals surface area contributed by atoms with Crippen LogP contribution in [-0.2, 0) is 9.53 Å². The van der Waals surface area contributed by atoms with Crippen molar-refractivity contribution >= 4 is 5.97 Å². The van der Waals surface area contributed by atoms with Crippen LogP contribution in [0.2, 0.25) is 0 Å². The predicted molar refractivity (Wildman–Crippen MR) is 45.6 cm³/mol. The first kappa shape index (κ1) is 7.59. The zero-order valence-corrected chi connectivity index (χ0v) is 6.95. The monoisotopic (exact) mass is 164 g/mol. The van der Waals surface area contributed by atoms with Gasteiger partial charge >= 0.3 is 5.97 Å². The summed E-state index contributed by atoms with van der Waals surface area (Å²) < 4.78 is 5.14.